The fraction of sp³-hybridized carbons (Fsp3) is 0.682. The van der Waals surface area contributed by atoms with Crippen molar-refractivity contribution in [3.05, 3.63) is 29.3 Å². The Balaban J connectivity index is 1.95. The zero-order valence-corrected chi connectivity index (χ0v) is 18.5. The van der Waals surface area contributed by atoms with E-state index in [0.29, 0.717) is 12.1 Å². The molecule has 1 amide bonds. The van der Waals surface area contributed by atoms with Crippen LogP contribution in [0.2, 0.25) is 0 Å². The molecule has 3 rings (SSSR count). The molecule has 0 N–H and O–H groups in total. The van der Waals surface area contributed by atoms with Gasteiger partial charge in [-0.25, -0.2) is 8.42 Å². The van der Waals surface area contributed by atoms with Crippen LogP contribution in [0.25, 0.3) is 0 Å². The highest BCUT2D eigenvalue weighted by molar-refractivity contribution is 7.89. The number of nitrogens with zero attached hydrogens (tertiary/aromatic N) is 2. The van der Waals surface area contributed by atoms with Gasteiger partial charge in [0.15, 0.2) is 0 Å². The molecule has 5 nitrogen and oxygen atoms in total. The quantitative estimate of drug-likeness (QED) is 0.730. The van der Waals surface area contributed by atoms with Gasteiger partial charge in [-0.15, -0.1) is 0 Å². The SMILES string of the molecule is Cc1ccc(S(=O)(=O)N2CCCCC2C)cc1C(=O)N(C(C)C)C1CCCC1. The second-order valence-corrected chi connectivity index (χ2v) is 10.6. The van der Waals surface area contributed by atoms with Crippen molar-refractivity contribution in [1.82, 2.24) is 9.21 Å². The summed E-state index contributed by atoms with van der Waals surface area (Å²) in [4.78, 5) is 15.6. The van der Waals surface area contributed by atoms with Gasteiger partial charge in [-0.05, 0) is 71.1 Å². The van der Waals surface area contributed by atoms with Gasteiger partial charge in [0, 0.05) is 30.2 Å². The van der Waals surface area contributed by atoms with Gasteiger partial charge in [0.25, 0.3) is 5.91 Å². The maximum Gasteiger partial charge on any atom is 0.254 e. The topological polar surface area (TPSA) is 57.7 Å². The Labute approximate surface area is 170 Å². The zero-order chi connectivity index (χ0) is 20.5. The number of piperidine rings is 1. The average Bonchev–Trinajstić information content (AvgIpc) is 3.16. The van der Waals surface area contributed by atoms with Crippen molar-refractivity contribution in [2.45, 2.75) is 95.7 Å². The number of rotatable bonds is 5. The summed E-state index contributed by atoms with van der Waals surface area (Å²) in [5.74, 6) is -0.0388. The number of hydrogen-bond acceptors (Lipinski definition) is 3. The van der Waals surface area contributed by atoms with E-state index in [1.54, 1.807) is 22.5 Å². The Bertz CT molecular complexity index is 813. The molecule has 1 unspecified atom stereocenters. The average molecular weight is 407 g/mol. The van der Waals surface area contributed by atoms with Crippen LogP contribution in [-0.2, 0) is 10.0 Å². The molecule has 0 spiro atoms. The predicted molar refractivity (Wildman–Crippen MR) is 112 cm³/mol. The fourth-order valence-electron chi connectivity index (χ4n) is 4.70. The number of sulfonamides is 1. The molecule has 156 valence electrons. The maximum absolute atomic E-state index is 13.4. The van der Waals surface area contributed by atoms with Crippen LogP contribution in [0.1, 0.15) is 81.6 Å². The van der Waals surface area contributed by atoms with Crippen LogP contribution in [-0.4, -0.2) is 48.2 Å². The van der Waals surface area contributed by atoms with Crippen LogP contribution in [0, 0.1) is 6.92 Å². The van der Waals surface area contributed by atoms with Gasteiger partial charge in [0.05, 0.1) is 4.90 Å². The van der Waals surface area contributed by atoms with Crippen LogP contribution < -0.4 is 0 Å². The van der Waals surface area contributed by atoms with E-state index in [0.717, 1.165) is 50.5 Å². The first-order valence-electron chi connectivity index (χ1n) is 10.7. The highest BCUT2D eigenvalue weighted by Crippen LogP contribution is 2.30. The molecule has 6 heteroatoms. The lowest BCUT2D eigenvalue weighted by Crippen LogP contribution is -2.44. The molecule has 28 heavy (non-hydrogen) atoms. The fourth-order valence-corrected chi connectivity index (χ4v) is 6.43. The molecule has 2 aliphatic rings. The third-order valence-corrected chi connectivity index (χ3v) is 8.31. The molecule has 1 aliphatic heterocycles. The van der Waals surface area contributed by atoms with E-state index in [2.05, 4.69) is 0 Å². The van der Waals surface area contributed by atoms with Crippen molar-refractivity contribution in [2.75, 3.05) is 6.54 Å². The second kappa shape index (κ2) is 8.54. The Morgan fingerprint density at radius 2 is 1.75 bits per heavy atom. The Morgan fingerprint density at radius 1 is 1.11 bits per heavy atom. The third-order valence-electron chi connectivity index (χ3n) is 6.30. The number of carbonyl (C=O) groups is 1. The summed E-state index contributed by atoms with van der Waals surface area (Å²) in [7, 11) is -3.59. The van der Waals surface area contributed by atoms with Crippen molar-refractivity contribution in [2.24, 2.45) is 0 Å². The number of amides is 1. The zero-order valence-electron chi connectivity index (χ0n) is 17.6. The van der Waals surface area contributed by atoms with Crippen molar-refractivity contribution in [3.8, 4) is 0 Å². The maximum atomic E-state index is 13.4. The number of carbonyl (C=O) groups excluding carboxylic acids is 1. The lowest BCUT2D eigenvalue weighted by Gasteiger charge is -2.34. The van der Waals surface area contributed by atoms with Crippen molar-refractivity contribution >= 4 is 15.9 Å². The minimum absolute atomic E-state index is 0.00450. The van der Waals surface area contributed by atoms with Gasteiger partial charge >= 0.3 is 0 Å². The highest BCUT2D eigenvalue weighted by atomic mass is 32.2. The molecule has 0 radical (unpaired) electrons. The molecule has 1 saturated carbocycles. The largest absolute Gasteiger partial charge is 0.333 e. The monoisotopic (exact) mass is 406 g/mol. The summed E-state index contributed by atoms with van der Waals surface area (Å²) in [6.07, 6.45) is 7.22. The van der Waals surface area contributed by atoms with Crippen LogP contribution in [0.3, 0.4) is 0 Å². The molecular weight excluding hydrogens is 372 g/mol. The molecule has 1 atom stereocenters. The van der Waals surface area contributed by atoms with E-state index in [4.69, 9.17) is 0 Å². The standard InChI is InChI=1S/C22H34N2O3S/c1-16(2)24(19-10-5-6-11-19)22(25)21-15-20(13-12-17(21)3)28(26,27)23-14-8-7-9-18(23)4/h12-13,15-16,18-19H,5-11,14H2,1-4H3. The Hall–Kier alpha value is -1.40. The van der Waals surface area contributed by atoms with Gasteiger partial charge in [0.2, 0.25) is 10.0 Å². The molecular formula is C22H34N2O3S. The van der Waals surface area contributed by atoms with Gasteiger partial charge < -0.3 is 4.90 Å². The molecule has 2 fully saturated rings. The van der Waals surface area contributed by atoms with E-state index in [1.165, 1.54) is 0 Å². The van der Waals surface area contributed by atoms with Crippen LogP contribution in [0.15, 0.2) is 23.1 Å². The molecule has 1 aromatic rings. The van der Waals surface area contributed by atoms with Crippen molar-refractivity contribution in [1.29, 1.82) is 0 Å². The summed E-state index contributed by atoms with van der Waals surface area (Å²) in [6.45, 7) is 8.50. The van der Waals surface area contributed by atoms with E-state index in [-0.39, 0.29) is 28.9 Å². The summed E-state index contributed by atoms with van der Waals surface area (Å²) in [5.41, 5.74) is 1.35. The predicted octanol–water partition coefficient (Wildman–Crippen LogP) is 4.35. The van der Waals surface area contributed by atoms with Crippen molar-refractivity contribution < 1.29 is 13.2 Å². The molecule has 1 aliphatic carbocycles. The molecule has 0 bridgehead atoms. The third kappa shape index (κ3) is 4.13. The van der Waals surface area contributed by atoms with Crippen LogP contribution in [0.5, 0.6) is 0 Å². The van der Waals surface area contributed by atoms with Gasteiger partial charge in [-0.2, -0.15) is 4.31 Å². The summed E-state index contributed by atoms with van der Waals surface area (Å²) in [5, 5.41) is 0. The van der Waals surface area contributed by atoms with Crippen LogP contribution >= 0.6 is 0 Å². The molecule has 1 heterocycles. The molecule has 1 aromatic carbocycles. The lowest BCUT2D eigenvalue weighted by molar-refractivity contribution is 0.0612. The van der Waals surface area contributed by atoms with Gasteiger partial charge in [0.1, 0.15) is 0 Å². The first kappa shape index (κ1) is 21.3. The summed E-state index contributed by atoms with van der Waals surface area (Å²) < 4.78 is 28.1. The second-order valence-electron chi connectivity index (χ2n) is 8.68. The first-order valence-corrected chi connectivity index (χ1v) is 12.1. The summed E-state index contributed by atoms with van der Waals surface area (Å²) in [6, 6.07) is 5.40. The molecule has 1 saturated heterocycles. The van der Waals surface area contributed by atoms with Crippen LogP contribution in [0.4, 0.5) is 0 Å². The summed E-state index contributed by atoms with van der Waals surface area (Å²) >= 11 is 0. The highest BCUT2D eigenvalue weighted by Gasteiger charge is 2.33. The first-order chi connectivity index (χ1) is 13.2. The van der Waals surface area contributed by atoms with E-state index < -0.39 is 10.0 Å². The minimum Gasteiger partial charge on any atom is -0.333 e. The van der Waals surface area contributed by atoms with Gasteiger partial charge in [-0.1, -0.05) is 25.3 Å². The van der Waals surface area contributed by atoms with E-state index >= 15 is 0 Å². The lowest BCUT2D eigenvalue weighted by atomic mass is 10.0. The smallest absolute Gasteiger partial charge is 0.254 e. The van der Waals surface area contributed by atoms with E-state index in [1.807, 2.05) is 32.6 Å². The van der Waals surface area contributed by atoms with Crippen molar-refractivity contribution in [3.63, 3.8) is 0 Å². The Morgan fingerprint density at radius 3 is 2.36 bits per heavy atom. The Kier molecular flexibility index (Phi) is 6.50. The van der Waals surface area contributed by atoms with E-state index in [9.17, 15) is 13.2 Å². The van der Waals surface area contributed by atoms with Gasteiger partial charge in [-0.3, -0.25) is 4.79 Å². The number of aryl methyl sites for hydroxylation is 1. The number of benzene rings is 1. The number of hydrogen-bond donors (Lipinski definition) is 0. The normalized spacial score (nSPS) is 22.0. The minimum atomic E-state index is -3.59. The molecule has 0 aromatic heterocycles.